The predicted octanol–water partition coefficient (Wildman–Crippen LogP) is 2.56. The zero-order chi connectivity index (χ0) is 16.2. The largest absolute Gasteiger partial charge is 0.369 e. The van der Waals surface area contributed by atoms with Crippen LogP contribution in [0.2, 0.25) is 5.02 Å². The van der Waals surface area contributed by atoms with E-state index in [1.807, 2.05) is 36.4 Å². The molecule has 0 saturated heterocycles. The van der Waals surface area contributed by atoms with E-state index in [9.17, 15) is 4.79 Å². The third-order valence-corrected chi connectivity index (χ3v) is 4.24. The number of hydrogen-bond donors (Lipinski definition) is 1. The van der Waals surface area contributed by atoms with Crippen LogP contribution in [0.5, 0.6) is 0 Å². The SMILES string of the molecule is NC(=O)CSc1nnc(-c2ccccn2)n1-c1ccccc1Cl. The van der Waals surface area contributed by atoms with Crippen LogP contribution in [-0.4, -0.2) is 31.4 Å². The van der Waals surface area contributed by atoms with Gasteiger partial charge < -0.3 is 5.73 Å². The van der Waals surface area contributed by atoms with Gasteiger partial charge in [0.15, 0.2) is 11.0 Å². The van der Waals surface area contributed by atoms with Gasteiger partial charge in [0.05, 0.1) is 16.5 Å². The first-order chi connectivity index (χ1) is 11.2. The Labute approximate surface area is 141 Å². The van der Waals surface area contributed by atoms with Crippen molar-refractivity contribution in [3.8, 4) is 17.2 Å². The molecule has 0 radical (unpaired) electrons. The average molecular weight is 346 g/mol. The Balaban J connectivity index is 2.14. The monoisotopic (exact) mass is 345 g/mol. The van der Waals surface area contributed by atoms with Crippen molar-refractivity contribution in [3.63, 3.8) is 0 Å². The Bertz CT molecular complexity index is 837. The molecule has 23 heavy (non-hydrogen) atoms. The highest BCUT2D eigenvalue weighted by Gasteiger charge is 2.18. The Morgan fingerprint density at radius 3 is 2.65 bits per heavy atom. The Morgan fingerprint density at radius 2 is 1.96 bits per heavy atom. The molecule has 0 atom stereocenters. The lowest BCUT2D eigenvalue weighted by Crippen LogP contribution is -2.13. The van der Waals surface area contributed by atoms with Crippen LogP contribution < -0.4 is 5.73 Å². The van der Waals surface area contributed by atoms with E-state index in [1.165, 1.54) is 11.8 Å². The molecule has 0 saturated carbocycles. The molecule has 0 aliphatic rings. The molecule has 2 heterocycles. The maximum Gasteiger partial charge on any atom is 0.227 e. The smallest absolute Gasteiger partial charge is 0.227 e. The van der Waals surface area contributed by atoms with Gasteiger partial charge in [-0.3, -0.25) is 14.3 Å². The number of nitrogens with zero attached hydrogens (tertiary/aromatic N) is 4. The van der Waals surface area contributed by atoms with E-state index < -0.39 is 5.91 Å². The van der Waals surface area contributed by atoms with Gasteiger partial charge >= 0.3 is 0 Å². The first kappa shape index (κ1) is 15.5. The van der Waals surface area contributed by atoms with Crippen molar-refractivity contribution in [2.24, 2.45) is 5.73 Å². The van der Waals surface area contributed by atoms with E-state index in [-0.39, 0.29) is 5.75 Å². The number of benzene rings is 1. The summed E-state index contributed by atoms with van der Waals surface area (Å²) in [5, 5.41) is 9.42. The second kappa shape index (κ2) is 6.80. The van der Waals surface area contributed by atoms with Gasteiger partial charge in [-0.15, -0.1) is 10.2 Å². The van der Waals surface area contributed by atoms with Crippen molar-refractivity contribution >= 4 is 29.3 Å². The van der Waals surface area contributed by atoms with E-state index >= 15 is 0 Å². The zero-order valence-corrected chi connectivity index (χ0v) is 13.5. The van der Waals surface area contributed by atoms with Crippen molar-refractivity contribution in [2.75, 3.05) is 5.75 Å². The first-order valence-electron chi connectivity index (χ1n) is 6.69. The molecule has 0 unspecified atom stereocenters. The highest BCUT2D eigenvalue weighted by molar-refractivity contribution is 7.99. The highest BCUT2D eigenvalue weighted by Crippen LogP contribution is 2.30. The van der Waals surface area contributed by atoms with Gasteiger partial charge in [-0.05, 0) is 24.3 Å². The fourth-order valence-electron chi connectivity index (χ4n) is 2.01. The number of aromatic nitrogens is 4. The maximum atomic E-state index is 11.1. The third kappa shape index (κ3) is 3.35. The Hall–Kier alpha value is -2.38. The molecule has 3 aromatic rings. The third-order valence-electron chi connectivity index (χ3n) is 2.96. The van der Waals surface area contributed by atoms with Crippen molar-refractivity contribution < 1.29 is 4.79 Å². The fraction of sp³-hybridized carbons (Fsp3) is 0.0667. The Kier molecular flexibility index (Phi) is 4.59. The van der Waals surface area contributed by atoms with Crippen LogP contribution in [0.25, 0.3) is 17.2 Å². The number of nitrogens with two attached hydrogens (primary N) is 1. The van der Waals surface area contributed by atoms with Crippen molar-refractivity contribution in [2.45, 2.75) is 5.16 Å². The zero-order valence-electron chi connectivity index (χ0n) is 11.9. The number of amides is 1. The normalized spacial score (nSPS) is 10.7. The molecule has 116 valence electrons. The van der Waals surface area contributed by atoms with Crippen molar-refractivity contribution in [3.05, 3.63) is 53.7 Å². The molecular weight excluding hydrogens is 334 g/mol. The van der Waals surface area contributed by atoms with Gasteiger partial charge in [-0.1, -0.05) is 41.6 Å². The summed E-state index contributed by atoms with van der Waals surface area (Å²) < 4.78 is 1.78. The van der Waals surface area contributed by atoms with Crippen molar-refractivity contribution in [1.82, 2.24) is 19.7 Å². The number of rotatable bonds is 5. The summed E-state index contributed by atoms with van der Waals surface area (Å²) in [6.07, 6.45) is 1.68. The molecule has 6 nitrogen and oxygen atoms in total. The molecule has 3 rings (SSSR count). The van der Waals surface area contributed by atoms with Gasteiger partial charge in [0.25, 0.3) is 0 Å². The number of thioether (sulfide) groups is 1. The second-order valence-electron chi connectivity index (χ2n) is 4.56. The number of para-hydroxylation sites is 1. The number of primary amides is 1. The topological polar surface area (TPSA) is 86.7 Å². The van der Waals surface area contributed by atoms with Crippen LogP contribution in [-0.2, 0) is 4.79 Å². The van der Waals surface area contributed by atoms with Gasteiger partial charge in [0.2, 0.25) is 5.91 Å². The molecule has 8 heteroatoms. The molecule has 1 aromatic carbocycles. The van der Waals surface area contributed by atoms with Crippen LogP contribution in [0, 0.1) is 0 Å². The summed E-state index contributed by atoms with van der Waals surface area (Å²) in [6, 6.07) is 12.9. The minimum atomic E-state index is -0.428. The molecule has 1 amide bonds. The van der Waals surface area contributed by atoms with Gasteiger partial charge in [0.1, 0.15) is 5.69 Å². The molecule has 0 aliphatic carbocycles. The average Bonchev–Trinajstić information content (AvgIpc) is 2.98. The molecule has 2 aromatic heterocycles. The van der Waals surface area contributed by atoms with Gasteiger partial charge in [-0.25, -0.2) is 0 Å². The molecule has 0 bridgehead atoms. The summed E-state index contributed by atoms with van der Waals surface area (Å²) >= 11 is 7.51. The van der Waals surface area contributed by atoms with Gasteiger partial charge in [-0.2, -0.15) is 0 Å². The molecule has 0 fully saturated rings. The molecular formula is C15H12ClN5OS. The lowest BCUT2D eigenvalue weighted by Gasteiger charge is -2.11. The van der Waals surface area contributed by atoms with E-state index in [0.717, 1.165) is 0 Å². The minimum Gasteiger partial charge on any atom is -0.369 e. The molecule has 0 spiro atoms. The summed E-state index contributed by atoms with van der Waals surface area (Å²) in [4.78, 5) is 15.4. The fourth-order valence-corrected chi connectivity index (χ4v) is 2.91. The summed E-state index contributed by atoms with van der Waals surface area (Å²) in [5.41, 5.74) is 6.59. The number of halogens is 1. The quantitative estimate of drug-likeness (QED) is 0.718. The summed E-state index contributed by atoms with van der Waals surface area (Å²) in [6.45, 7) is 0. The lowest BCUT2D eigenvalue weighted by atomic mass is 10.3. The number of hydrogen-bond acceptors (Lipinski definition) is 5. The van der Waals surface area contributed by atoms with Crippen LogP contribution in [0.1, 0.15) is 0 Å². The summed E-state index contributed by atoms with van der Waals surface area (Å²) in [5.74, 6) is 0.221. The van der Waals surface area contributed by atoms with Crippen molar-refractivity contribution in [1.29, 1.82) is 0 Å². The van der Waals surface area contributed by atoms with Gasteiger partial charge in [0, 0.05) is 6.20 Å². The van der Waals surface area contributed by atoms with E-state index in [2.05, 4.69) is 15.2 Å². The lowest BCUT2D eigenvalue weighted by molar-refractivity contribution is -0.115. The second-order valence-corrected chi connectivity index (χ2v) is 5.91. The first-order valence-corrected chi connectivity index (χ1v) is 8.06. The number of carbonyl (C=O) groups excluding carboxylic acids is 1. The van der Waals surface area contributed by atoms with Crippen LogP contribution in [0.4, 0.5) is 0 Å². The number of carbonyl (C=O) groups is 1. The molecule has 2 N–H and O–H groups in total. The van der Waals surface area contributed by atoms with Crippen LogP contribution in [0.15, 0.2) is 53.8 Å². The van der Waals surface area contributed by atoms with E-state index in [0.29, 0.717) is 27.4 Å². The Morgan fingerprint density at radius 1 is 1.17 bits per heavy atom. The molecule has 0 aliphatic heterocycles. The minimum absolute atomic E-state index is 0.102. The number of pyridine rings is 1. The van der Waals surface area contributed by atoms with Crippen LogP contribution >= 0.6 is 23.4 Å². The highest BCUT2D eigenvalue weighted by atomic mass is 35.5. The van der Waals surface area contributed by atoms with E-state index in [4.69, 9.17) is 17.3 Å². The predicted molar refractivity (Wildman–Crippen MR) is 89.5 cm³/mol. The maximum absolute atomic E-state index is 11.1. The van der Waals surface area contributed by atoms with Crippen LogP contribution in [0.3, 0.4) is 0 Å². The standard InChI is InChI=1S/C15H12ClN5OS/c16-10-5-1-2-7-12(10)21-14(11-6-3-4-8-18-11)19-20-15(21)23-9-13(17)22/h1-8H,9H2,(H2,17,22). The van der Waals surface area contributed by atoms with E-state index in [1.54, 1.807) is 16.8 Å². The summed E-state index contributed by atoms with van der Waals surface area (Å²) in [7, 11) is 0.